The standard InChI is InChI=1S/C36H46N2O10/c1-35(2,3)47-31(40)29-22-21-27(37(29)32(41)45-23-25-15-10-8-11-16-25)19-14-20-28(30(39)44-7)38(34(43)48-36(4,5)6)33(42)46-24-26-17-12-9-13-18-26/h8-13,15-18,20,27,29H,14,19,21-24H2,1-7H3/b28-20-/t27-,29+/m1/s1. The van der Waals surface area contributed by atoms with E-state index in [1.54, 1.807) is 71.9 Å². The van der Waals surface area contributed by atoms with Gasteiger partial charge in [-0.15, -0.1) is 0 Å². The molecule has 0 aromatic heterocycles. The van der Waals surface area contributed by atoms with E-state index in [0.29, 0.717) is 23.3 Å². The topological polar surface area (TPSA) is 138 Å². The summed E-state index contributed by atoms with van der Waals surface area (Å²) in [6.07, 6.45) is -0.464. The molecule has 2 aromatic carbocycles. The summed E-state index contributed by atoms with van der Waals surface area (Å²) in [4.78, 5) is 68.1. The average Bonchev–Trinajstić information content (AvgIpc) is 3.45. The lowest BCUT2D eigenvalue weighted by Gasteiger charge is -2.30. The third-order valence-corrected chi connectivity index (χ3v) is 7.03. The van der Waals surface area contributed by atoms with E-state index in [1.807, 2.05) is 30.3 Å². The van der Waals surface area contributed by atoms with Crippen molar-refractivity contribution < 1.29 is 47.7 Å². The average molecular weight is 667 g/mol. The minimum Gasteiger partial charge on any atom is -0.464 e. The molecular formula is C36H46N2O10. The number of hydrogen-bond acceptors (Lipinski definition) is 10. The van der Waals surface area contributed by atoms with E-state index in [1.165, 1.54) is 11.0 Å². The summed E-state index contributed by atoms with van der Waals surface area (Å²) < 4.78 is 27.0. The number of imide groups is 1. The predicted molar refractivity (Wildman–Crippen MR) is 175 cm³/mol. The molecule has 1 aliphatic heterocycles. The maximum Gasteiger partial charge on any atom is 0.424 e. The lowest BCUT2D eigenvalue weighted by molar-refractivity contribution is -0.160. The number of methoxy groups -OCH3 is 1. The van der Waals surface area contributed by atoms with Crippen LogP contribution < -0.4 is 0 Å². The van der Waals surface area contributed by atoms with E-state index in [9.17, 15) is 24.0 Å². The van der Waals surface area contributed by atoms with Gasteiger partial charge in [0.05, 0.1) is 7.11 Å². The first-order valence-corrected chi connectivity index (χ1v) is 15.8. The molecule has 0 bridgehead atoms. The lowest BCUT2D eigenvalue weighted by atomic mass is 10.1. The summed E-state index contributed by atoms with van der Waals surface area (Å²) in [5.74, 6) is -1.53. The normalized spacial score (nSPS) is 16.5. The first-order valence-electron chi connectivity index (χ1n) is 15.8. The summed E-state index contributed by atoms with van der Waals surface area (Å²) in [5.41, 5.74) is -0.740. The van der Waals surface area contributed by atoms with Crippen molar-refractivity contribution >= 4 is 30.2 Å². The molecule has 0 aliphatic carbocycles. The Labute approximate surface area is 281 Å². The van der Waals surface area contributed by atoms with Gasteiger partial charge in [-0.3, -0.25) is 4.90 Å². The quantitative estimate of drug-likeness (QED) is 0.149. The summed E-state index contributed by atoms with van der Waals surface area (Å²) in [6.45, 7) is 9.93. The van der Waals surface area contributed by atoms with Crippen molar-refractivity contribution in [2.24, 2.45) is 0 Å². The molecule has 0 saturated carbocycles. The first kappa shape index (κ1) is 37.6. The smallest absolute Gasteiger partial charge is 0.424 e. The Kier molecular flexibility index (Phi) is 13.2. The van der Waals surface area contributed by atoms with Crippen LogP contribution in [0.4, 0.5) is 14.4 Å². The van der Waals surface area contributed by atoms with Gasteiger partial charge in [0.25, 0.3) is 0 Å². The molecule has 1 saturated heterocycles. The third-order valence-electron chi connectivity index (χ3n) is 7.03. The van der Waals surface area contributed by atoms with Gasteiger partial charge in [-0.25, -0.2) is 24.0 Å². The monoisotopic (exact) mass is 666 g/mol. The number of esters is 2. The van der Waals surface area contributed by atoms with E-state index >= 15 is 0 Å². The van der Waals surface area contributed by atoms with Crippen LogP contribution >= 0.6 is 0 Å². The van der Waals surface area contributed by atoms with Crippen molar-refractivity contribution in [1.29, 1.82) is 0 Å². The number of nitrogens with zero attached hydrogens (tertiary/aromatic N) is 2. The second-order valence-electron chi connectivity index (χ2n) is 13.2. The number of benzene rings is 2. The van der Waals surface area contributed by atoms with Crippen molar-refractivity contribution in [2.45, 2.75) is 104 Å². The van der Waals surface area contributed by atoms with Crippen LogP contribution in [0.15, 0.2) is 72.4 Å². The minimum absolute atomic E-state index is 0.00622. The molecule has 48 heavy (non-hydrogen) atoms. The molecule has 3 rings (SSSR count). The van der Waals surface area contributed by atoms with Crippen LogP contribution in [0, 0.1) is 0 Å². The van der Waals surface area contributed by atoms with Crippen LogP contribution in [-0.4, -0.2) is 70.4 Å². The number of rotatable bonds is 10. The highest BCUT2D eigenvalue weighted by Gasteiger charge is 2.43. The zero-order chi connectivity index (χ0) is 35.5. The van der Waals surface area contributed by atoms with Crippen molar-refractivity contribution in [3.63, 3.8) is 0 Å². The Morgan fingerprint density at radius 3 is 1.83 bits per heavy atom. The van der Waals surface area contributed by atoms with Crippen molar-refractivity contribution in [3.8, 4) is 0 Å². The molecule has 260 valence electrons. The molecule has 0 N–H and O–H groups in total. The molecule has 2 aromatic rings. The highest BCUT2D eigenvalue weighted by Crippen LogP contribution is 2.31. The first-order chi connectivity index (χ1) is 22.6. The molecule has 3 amide bonds. The Hall–Kier alpha value is -4.87. The van der Waals surface area contributed by atoms with E-state index in [-0.39, 0.29) is 26.1 Å². The molecule has 12 heteroatoms. The molecule has 2 atom stereocenters. The Morgan fingerprint density at radius 2 is 1.31 bits per heavy atom. The molecule has 1 aliphatic rings. The molecule has 1 heterocycles. The summed E-state index contributed by atoms with van der Waals surface area (Å²) >= 11 is 0. The fourth-order valence-electron chi connectivity index (χ4n) is 4.98. The van der Waals surface area contributed by atoms with Gasteiger partial charge in [0.15, 0.2) is 0 Å². The summed E-state index contributed by atoms with van der Waals surface area (Å²) in [7, 11) is 1.12. The fourth-order valence-corrected chi connectivity index (χ4v) is 4.98. The number of hydrogen-bond donors (Lipinski definition) is 0. The van der Waals surface area contributed by atoms with Gasteiger partial charge >= 0.3 is 30.2 Å². The molecule has 0 spiro atoms. The molecular weight excluding hydrogens is 620 g/mol. The third kappa shape index (κ3) is 11.4. The number of ether oxygens (including phenoxy) is 5. The second-order valence-corrected chi connectivity index (χ2v) is 13.2. The van der Waals surface area contributed by atoms with Crippen molar-refractivity contribution in [1.82, 2.24) is 9.80 Å². The van der Waals surface area contributed by atoms with Gasteiger partial charge in [0.2, 0.25) is 0 Å². The van der Waals surface area contributed by atoms with E-state index in [4.69, 9.17) is 23.7 Å². The molecule has 0 radical (unpaired) electrons. The number of allylic oxidation sites excluding steroid dienone is 1. The Morgan fingerprint density at radius 1 is 0.771 bits per heavy atom. The largest absolute Gasteiger partial charge is 0.464 e. The maximum atomic E-state index is 13.4. The fraction of sp³-hybridized carbons (Fsp3) is 0.472. The van der Waals surface area contributed by atoms with Gasteiger partial charge in [0.1, 0.15) is 36.2 Å². The second kappa shape index (κ2) is 16.8. The number of carbonyl (C=O) groups is 5. The molecule has 0 unspecified atom stereocenters. The predicted octanol–water partition coefficient (Wildman–Crippen LogP) is 6.91. The SMILES string of the molecule is COC(=O)/C(=C/CC[C@@H]1CC[C@@H](C(=O)OC(C)(C)C)N1C(=O)OCc1ccccc1)N(C(=O)OCc1ccccc1)C(=O)OC(C)(C)C. The minimum atomic E-state index is -1.14. The van der Waals surface area contributed by atoms with Crippen LogP contribution in [0.3, 0.4) is 0 Å². The lowest BCUT2D eigenvalue weighted by Crippen LogP contribution is -2.47. The highest BCUT2D eigenvalue weighted by molar-refractivity contribution is 6.01. The van der Waals surface area contributed by atoms with Crippen LogP contribution in [0.1, 0.15) is 78.4 Å². The maximum absolute atomic E-state index is 13.4. The summed E-state index contributed by atoms with van der Waals surface area (Å²) in [5, 5.41) is 0. The van der Waals surface area contributed by atoms with Gasteiger partial charge < -0.3 is 23.7 Å². The molecule has 12 nitrogen and oxygen atoms in total. The zero-order valence-electron chi connectivity index (χ0n) is 28.7. The van der Waals surface area contributed by atoms with Crippen molar-refractivity contribution in [3.05, 3.63) is 83.6 Å². The van der Waals surface area contributed by atoms with Crippen LogP contribution in [0.5, 0.6) is 0 Å². The number of likely N-dealkylation sites (tertiary alicyclic amines) is 1. The zero-order valence-corrected chi connectivity index (χ0v) is 28.7. The van der Waals surface area contributed by atoms with E-state index in [0.717, 1.165) is 12.7 Å². The highest BCUT2D eigenvalue weighted by atomic mass is 16.6. The number of amides is 3. The molecule has 1 fully saturated rings. The van der Waals surface area contributed by atoms with E-state index < -0.39 is 59.2 Å². The van der Waals surface area contributed by atoms with Crippen molar-refractivity contribution in [2.75, 3.05) is 7.11 Å². The van der Waals surface area contributed by atoms with Gasteiger partial charge in [0, 0.05) is 6.04 Å². The van der Waals surface area contributed by atoms with E-state index in [2.05, 4.69) is 0 Å². The Bertz CT molecular complexity index is 1440. The van der Waals surface area contributed by atoms with Gasteiger partial charge in [-0.1, -0.05) is 66.7 Å². The number of carbonyl (C=O) groups excluding carboxylic acids is 5. The van der Waals surface area contributed by atoms with Crippen LogP contribution in [-0.2, 0) is 46.5 Å². The van der Waals surface area contributed by atoms with Gasteiger partial charge in [-0.05, 0) is 78.4 Å². The van der Waals surface area contributed by atoms with Crippen LogP contribution in [0.25, 0.3) is 0 Å². The van der Waals surface area contributed by atoms with Crippen LogP contribution in [0.2, 0.25) is 0 Å². The summed E-state index contributed by atoms with van der Waals surface area (Å²) in [6, 6.07) is 16.6. The Balaban J connectivity index is 1.86. The van der Waals surface area contributed by atoms with Gasteiger partial charge in [-0.2, -0.15) is 4.90 Å².